The van der Waals surface area contributed by atoms with Gasteiger partial charge in [0.1, 0.15) is 0 Å². The largest absolute Gasteiger partial charge is 0.382 e. The fourth-order valence-corrected chi connectivity index (χ4v) is 2.12. The molecule has 1 aromatic carbocycles. The normalized spacial score (nSPS) is 17.7. The molecule has 1 saturated heterocycles. The van der Waals surface area contributed by atoms with Gasteiger partial charge in [0, 0.05) is 17.4 Å². The highest BCUT2D eigenvalue weighted by atomic mass is 16.1. The van der Waals surface area contributed by atoms with Crippen molar-refractivity contribution in [1.82, 2.24) is 4.90 Å². The van der Waals surface area contributed by atoms with Crippen LogP contribution in [0.4, 0.5) is 11.4 Å². The summed E-state index contributed by atoms with van der Waals surface area (Å²) in [5.41, 5.74) is 1.95. The first-order valence-corrected chi connectivity index (χ1v) is 6.03. The molecule has 0 unspecified atom stereocenters. The predicted octanol–water partition coefficient (Wildman–Crippen LogP) is 1.76. The lowest BCUT2D eigenvalue weighted by Gasteiger charge is -2.30. The number of benzene rings is 1. The van der Waals surface area contributed by atoms with Crippen molar-refractivity contribution in [2.24, 2.45) is 0 Å². The number of anilines is 2. The first kappa shape index (κ1) is 11.9. The number of piperidine rings is 1. The van der Waals surface area contributed by atoms with Gasteiger partial charge in [-0.2, -0.15) is 0 Å². The van der Waals surface area contributed by atoms with Gasteiger partial charge in [-0.25, -0.2) is 0 Å². The maximum Gasteiger partial charge on any atom is 0.211 e. The lowest BCUT2D eigenvalue weighted by molar-refractivity contribution is -0.105. The van der Waals surface area contributed by atoms with E-state index in [2.05, 4.69) is 22.6 Å². The number of nitrogens with one attached hydrogen (secondary N) is 2. The highest BCUT2D eigenvalue weighted by Gasteiger charge is 2.15. The molecule has 1 aromatic rings. The van der Waals surface area contributed by atoms with Gasteiger partial charge in [-0.1, -0.05) is 0 Å². The fourth-order valence-electron chi connectivity index (χ4n) is 2.12. The highest BCUT2D eigenvalue weighted by molar-refractivity contribution is 5.72. The minimum atomic E-state index is 0.566. The van der Waals surface area contributed by atoms with Gasteiger partial charge in [-0.15, -0.1) is 0 Å². The second-order valence-corrected chi connectivity index (χ2v) is 4.56. The van der Waals surface area contributed by atoms with Crippen molar-refractivity contribution >= 4 is 17.8 Å². The van der Waals surface area contributed by atoms with E-state index in [1.165, 1.54) is 12.8 Å². The third-order valence-electron chi connectivity index (χ3n) is 3.20. The van der Waals surface area contributed by atoms with E-state index in [1.54, 1.807) is 0 Å². The van der Waals surface area contributed by atoms with Crippen LogP contribution in [0.1, 0.15) is 12.8 Å². The number of rotatable bonds is 4. The Morgan fingerprint density at radius 1 is 1.18 bits per heavy atom. The van der Waals surface area contributed by atoms with Gasteiger partial charge in [0.05, 0.1) is 0 Å². The molecule has 92 valence electrons. The maximum absolute atomic E-state index is 10.3. The maximum atomic E-state index is 10.3. The van der Waals surface area contributed by atoms with E-state index in [9.17, 15) is 4.79 Å². The molecule has 2 rings (SSSR count). The smallest absolute Gasteiger partial charge is 0.211 e. The summed E-state index contributed by atoms with van der Waals surface area (Å²) in [4.78, 5) is 12.6. The highest BCUT2D eigenvalue weighted by Crippen LogP contribution is 2.17. The molecule has 0 aromatic heterocycles. The third-order valence-corrected chi connectivity index (χ3v) is 3.20. The number of carbonyl (C=O) groups is 1. The lowest BCUT2D eigenvalue weighted by Crippen LogP contribution is -2.36. The summed E-state index contributed by atoms with van der Waals surface area (Å²) in [6, 6.07) is 8.39. The van der Waals surface area contributed by atoms with E-state index in [-0.39, 0.29) is 0 Å². The van der Waals surface area contributed by atoms with Crippen LogP contribution in [0.25, 0.3) is 0 Å². The molecule has 0 bridgehead atoms. The fraction of sp³-hybridized carbons (Fsp3) is 0.462. The lowest BCUT2D eigenvalue weighted by atomic mass is 10.1. The monoisotopic (exact) mass is 233 g/mol. The zero-order valence-corrected chi connectivity index (χ0v) is 10.1. The molecule has 0 atom stereocenters. The summed E-state index contributed by atoms with van der Waals surface area (Å²) in [5.74, 6) is 0. The zero-order valence-electron chi connectivity index (χ0n) is 10.1. The van der Waals surface area contributed by atoms with Crippen molar-refractivity contribution in [3.8, 4) is 0 Å². The topological polar surface area (TPSA) is 44.4 Å². The molecule has 1 fully saturated rings. The van der Waals surface area contributed by atoms with E-state index in [0.717, 1.165) is 24.5 Å². The van der Waals surface area contributed by atoms with Crippen LogP contribution < -0.4 is 10.6 Å². The molecule has 0 spiro atoms. The second-order valence-electron chi connectivity index (χ2n) is 4.56. The van der Waals surface area contributed by atoms with Crippen LogP contribution >= 0.6 is 0 Å². The van der Waals surface area contributed by atoms with E-state index < -0.39 is 0 Å². The summed E-state index contributed by atoms with van der Waals surface area (Å²) in [6.45, 7) is 2.31. The first-order valence-electron chi connectivity index (χ1n) is 6.03. The number of likely N-dealkylation sites (tertiary alicyclic amines) is 1. The Morgan fingerprint density at radius 3 is 2.35 bits per heavy atom. The van der Waals surface area contributed by atoms with E-state index in [4.69, 9.17) is 0 Å². The molecule has 0 radical (unpaired) electrons. The standard InChI is InChI=1S/C13H19N3O/c1-16-8-6-13(7-9-16)15-12-4-2-11(3-5-12)14-10-17/h2-5,10,13,15H,6-9H2,1H3,(H,14,17). The van der Waals surface area contributed by atoms with Gasteiger partial charge in [-0.3, -0.25) is 4.79 Å². The Kier molecular flexibility index (Phi) is 3.98. The van der Waals surface area contributed by atoms with Crippen LogP contribution in [0.15, 0.2) is 24.3 Å². The molecule has 1 heterocycles. The molecule has 1 aliphatic rings. The number of hydrogen-bond acceptors (Lipinski definition) is 3. The van der Waals surface area contributed by atoms with Crippen molar-refractivity contribution in [1.29, 1.82) is 0 Å². The van der Waals surface area contributed by atoms with Gasteiger partial charge in [0.15, 0.2) is 0 Å². The number of hydrogen-bond donors (Lipinski definition) is 2. The predicted molar refractivity (Wildman–Crippen MR) is 70.3 cm³/mol. The van der Waals surface area contributed by atoms with Crippen molar-refractivity contribution in [2.75, 3.05) is 30.8 Å². The minimum Gasteiger partial charge on any atom is -0.382 e. The molecular weight excluding hydrogens is 214 g/mol. The van der Waals surface area contributed by atoms with Crippen LogP contribution in [0.3, 0.4) is 0 Å². The summed E-state index contributed by atoms with van der Waals surface area (Å²) in [7, 11) is 2.16. The van der Waals surface area contributed by atoms with E-state index in [0.29, 0.717) is 12.5 Å². The van der Waals surface area contributed by atoms with Crippen LogP contribution in [0, 0.1) is 0 Å². The van der Waals surface area contributed by atoms with Gasteiger partial charge in [0.2, 0.25) is 6.41 Å². The Labute approximate surface area is 102 Å². The molecule has 4 nitrogen and oxygen atoms in total. The van der Waals surface area contributed by atoms with Crippen LogP contribution in [-0.2, 0) is 4.79 Å². The molecule has 0 saturated carbocycles. The molecule has 17 heavy (non-hydrogen) atoms. The Morgan fingerprint density at radius 2 is 1.76 bits per heavy atom. The Bertz CT molecular complexity index is 355. The summed E-state index contributed by atoms with van der Waals surface area (Å²) < 4.78 is 0. The van der Waals surface area contributed by atoms with Crippen molar-refractivity contribution in [3.63, 3.8) is 0 Å². The van der Waals surface area contributed by atoms with Crippen LogP contribution in [0.5, 0.6) is 0 Å². The summed E-state index contributed by atoms with van der Waals surface area (Å²) in [6.07, 6.45) is 3.06. The number of amides is 1. The van der Waals surface area contributed by atoms with E-state index in [1.807, 2.05) is 24.3 Å². The Hall–Kier alpha value is -1.55. The molecule has 1 aliphatic heterocycles. The van der Waals surface area contributed by atoms with Crippen LogP contribution in [-0.4, -0.2) is 37.5 Å². The van der Waals surface area contributed by atoms with Gasteiger partial charge in [-0.05, 0) is 57.2 Å². The third kappa shape index (κ3) is 3.46. The molecule has 4 heteroatoms. The quantitative estimate of drug-likeness (QED) is 0.779. The summed E-state index contributed by atoms with van der Waals surface area (Å²) >= 11 is 0. The molecule has 1 amide bonds. The molecular formula is C13H19N3O. The van der Waals surface area contributed by atoms with E-state index >= 15 is 0 Å². The summed E-state index contributed by atoms with van der Waals surface area (Å²) in [5, 5.41) is 6.16. The molecule has 2 N–H and O–H groups in total. The number of nitrogens with zero attached hydrogens (tertiary/aromatic N) is 1. The van der Waals surface area contributed by atoms with Gasteiger partial charge >= 0.3 is 0 Å². The zero-order chi connectivity index (χ0) is 12.1. The van der Waals surface area contributed by atoms with Crippen molar-refractivity contribution in [2.45, 2.75) is 18.9 Å². The minimum absolute atomic E-state index is 0.566. The van der Waals surface area contributed by atoms with Gasteiger partial charge in [0.25, 0.3) is 0 Å². The Balaban J connectivity index is 1.88. The first-order chi connectivity index (χ1) is 8.28. The van der Waals surface area contributed by atoms with Crippen molar-refractivity contribution in [3.05, 3.63) is 24.3 Å². The molecule has 0 aliphatic carbocycles. The average molecular weight is 233 g/mol. The van der Waals surface area contributed by atoms with Crippen LogP contribution in [0.2, 0.25) is 0 Å². The average Bonchev–Trinajstić information content (AvgIpc) is 2.35. The SMILES string of the molecule is CN1CCC(Nc2ccc(NC=O)cc2)CC1. The van der Waals surface area contributed by atoms with Crippen molar-refractivity contribution < 1.29 is 4.79 Å². The number of carbonyl (C=O) groups excluding carboxylic acids is 1. The second kappa shape index (κ2) is 5.68. The van der Waals surface area contributed by atoms with Gasteiger partial charge < -0.3 is 15.5 Å².